The van der Waals surface area contributed by atoms with Crippen molar-refractivity contribution in [2.45, 2.75) is 26.9 Å². The van der Waals surface area contributed by atoms with Crippen molar-refractivity contribution in [1.29, 1.82) is 0 Å². The summed E-state index contributed by atoms with van der Waals surface area (Å²) in [5.41, 5.74) is 1.10. The largest absolute Gasteiger partial charge is 0.377 e. The smallest absolute Gasteiger partial charge is 0.0798 e. The minimum absolute atomic E-state index is 0.227. The van der Waals surface area contributed by atoms with E-state index in [-0.39, 0.29) is 6.10 Å². The molecule has 1 unspecified atom stereocenters. The van der Waals surface area contributed by atoms with Gasteiger partial charge in [0.05, 0.1) is 6.10 Å². The zero-order chi connectivity index (χ0) is 7.44. The average Bonchev–Trinajstić information content (AvgIpc) is 1.64. The summed E-state index contributed by atoms with van der Waals surface area (Å²) >= 11 is 0. The summed E-state index contributed by atoms with van der Waals surface area (Å²) in [4.78, 5) is 0. The highest BCUT2D eigenvalue weighted by Gasteiger charge is 2.11. The van der Waals surface area contributed by atoms with Crippen molar-refractivity contribution in [1.82, 2.24) is 0 Å². The highest BCUT2D eigenvalue weighted by atomic mass is 16.5. The third-order valence-electron chi connectivity index (χ3n) is 1.35. The molecule has 0 N–H and O–H groups in total. The lowest BCUT2D eigenvalue weighted by Gasteiger charge is -2.18. The lowest BCUT2D eigenvalue weighted by atomic mass is 10.0. The molecule has 54 valence electrons. The molecule has 0 fully saturated rings. The quantitative estimate of drug-likeness (QED) is 0.530. The molecule has 0 rings (SSSR count). The van der Waals surface area contributed by atoms with E-state index < -0.39 is 0 Å². The van der Waals surface area contributed by atoms with Crippen LogP contribution in [0.2, 0.25) is 0 Å². The van der Waals surface area contributed by atoms with Gasteiger partial charge in [-0.1, -0.05) is 26.0 Å². The Kier molecular flexibility index (Phi) is 3.55. The predicted octanol–water partition coefficient (Wildman–Crippen LogP) is 2.23. The summed E-state index contributed by atoms with van der Waals surface area (Å²) in [5, 5.41) is 0. The van der Waals surface area contributed by atoms with Gasteiger partial charge in [0.2, 0.25) is 0 Å². The molecule has 0 aliphatic heterocycles. The SMILES string of the molecule is C=C(C)C(OC)C(C)C. The van der Waals surface area contributed by atoms with E-state index in [4.69, 9.17) is 4.74 Å². The molecule has 1 atom stereocenters. The van der Waals surface area contributed by atoms with Crippen molar-refractivity contribution in [3.8, 4) is 0 Å². The summed E-state index contributed by atoms with van der Waals surface area (Å²) in [5.74, 6) is 0.535. The second-order valence-corrected chi connectivity index (χ2v) is 2.75. The highest BCUT2D eigenvalue weighted by Crippen LogP contribution is 2.12. The maximum atomic E-state index is 5.17. The molecule has 9 heavy (non-hydrogen) atoms. The third kappa shape index (κ3) is 2.66. The molecule has 1 heteroatoms. The van der Waals surface area contributed by atoms with E-state index in [0.29, 0.717) is 5.92 Å². The summed E-state index contributed by atoms with van der Waals surface area (Å²) in [6.07, 6.45) is 0.227. The van der Waals surface area contributed by atoms with Gasteiger partial charge in [0.25, 0.3) is 0 Å². The van der Waals surface area contributed by atoms with Crippen LogP contribution >= 0.6 is 0 Å². The molecule has 0 aliphatic rings. The first-order chi connectivity index (χ1) is 4.09. The Labute approximate surface area is 57.7 Å². The minimum atomic E-state index is 0.227. The van der Waals surface area contributed by atoms with Crippen LogP contribution in [0, 0.1) is 5.92 Å². The second kappa shape index (κ2) is 3.67. The number of hydrogen-bond donors (Lipinski definition) is 0. The molecular formula is C8H16O. The lowest BCUT2D eigenvalue weighted by molar-refractivity contribution is 0.0943. The van der Waals surface area contributed by atoms with Gasteiger partial charge in [0.1, 0.15) is 0 Å². The number of ether oxygens (including phenoxy) is 1. The molecular weight excluding hydrogens is 112 g/mol. The summed E-state index contributed by atoms with van der Waals surface area (Å²) in [6, 6.07) is 0. The summed E-state index contributed by atoms with van der Waals surface area (Å²) in [7, 11) is 1.72. The van der Waals surface area contributed by atoms with E-state index in [9.17, 15) is 0 Å². The van der Waals surface area contributed by atoms with Crippen molar-refractivity contribution < 1.29 is 4.74 Å². The summed E-state index contributed by atoms with van der Waals surface area (Å²) < 4.78 is 5.17. The van der Waals surface area contributed by atoms with Crippen molar-refractivity contribution in [3.05, 3.63) is 12.2 Å². The van der Waals surface area contributed by atoms with Crippen molar-refractivity contribution in [3.63, 3.8) is 0 Å². The maximum absolute atomic E-state index is 5.17. The molecule has 1 nitrogen and oxygen atoms in total. The molecule has 0 aromatic carbocycles. The van der Waals surface area contributed by atoms with Gasteiger partial charge in [-0.25, -0.2) is 0 Å². The van der Waals surface area contributed by atoms with Crippen molar-refractivity contribution in [2.75, 3.05) is 7.11 Å². The minimum Gasteiger partial charge on any atom is -0.377 e. The van der Waals surface area contributed by atoms with Crippen LogP contribution in [0.1, 0.15) is 20.8 Å². The van der Waals surface area contributed by atoms with Crippen molar-refractivity contribution in [2.24, 2.45) is 5.92 Å². The van der Waals surface area contributed by atoms with Crippen LogP contribution in [-0.2, 0) is 4.74 Å². The molecule has 0 aromatic rings. The lowest BCUT2D eigenvalue weighted by Crippen LogP contribution is -2.18. The van der Waals surface area contributed by atoms with Gasteiger partial charge in [0, 0.05) is 7.11 Å². The van der Waals surface area contributed by atoms with Crippen LogP contribution in [-0.4, -0.2) is 13.2 Å². The first-order valence-electron chi connectivity index (χ1n) is 3.27. The molecule has 0 bridgehead atoms. The van der Waals surface area contributed by atoms with Gasteiger partial charge in [-0.05, 0) is 12.8 Å². The van der Waals surface area contributed by atoms with Crippen LogP contribution in [0.15, 0.2) is 12.2 Å². The van der Waals surface area contributed by atoms with Crippen LogP contribution in [0.4, 0.5) is 0 Å². The van der Waals surface area contributed by atoms with Crippen LogP contribution in [0.5, 0.6) is 0 Å². The molecule has 0 aliphatic carbocycles. The van der Waals surface area contributed by atoms with Gasteiger partial charge in [0.15, 0.2) is 0 Å². The van der Waals surface area contributed by atoms with Gasteiger partial charge >= 0.3 is 0 Å². The number of rotatable bonds is 3. The van der Waals surface area contributed by atoms with E-state index >= 15 is 0 Å². The van der Waals surface area contributed by atoms with E-state index in [1.807, 2.05) is 6.92 Å². The van der Waals surface area contributed by atoms with Gasteiger partial charge in [-0.3, -0.25) is 0 Å². The van der Waals surface area contributed by atoms with E-state index in [1.54, 1.807) is 7.11 Å². The molecule has 0 radical (unpaired) electrons. The summed E-state index contributed by atoms with van der Waals surface area (Å²) in [6.45, 7) is 10.1. The standard InChI is InChI=1S/C8H16O/c1-6(2)8(9-5)7(3)4/h7-8H,1H2,2-5H3. The first-order valence-corrected chi connectivity index (χ1v) is 3.27. The Morgan fingerprint density at radius 1 is 1.44 bits per heavy atom. The topological polar surface area (TPSA) is 9.23 Å². The monoisotopic (exact) mass is 128 g/mol. The van der Waals surface area contributed by atoms with Crippen molar-refractivity contribution >= 4 is 0 Å². The Morgan fingerprint density at radius 2 is 1.89 bits per heavy atom. The number of hydrogen-bond acceptors (Lipinski definition) is 1. The van der Waals surface area contributed by atoms with E-state index in [0.717, 1.165) is 5.57 Å². The Hall–Kier alpha value is -0.300. The van der Waals surface area contributed by atoms with Gasteiger partial charge in [-0.2, -0.15) is 0 Å². The second-order valence-electron chi connectivity index (χ2n) is 2.75. The predicted molar refractivity (Wildman–Crippen MR) is 40.4 cm³/mol. The normalized spacial score (nSPS) is 13.9. The number of methoxy groups -OCH3 is 1. The fourth-order valence-corrected chi connectivity index (χ4v) is 1.04. The molecule has 0 heterocycles. The highest BCUT2D eigenvalue weighted by molar-refractivity contribution is 4.98. The zero-order valence-corrected chi connectivity index (χ0v) is 6.77. The van der Waals surface area contributed by atoms with Gasteiger partial charge in [-0.15, -0.1) is 0 Å². The van der Waals surface area contributed by atoms with Gasteiger partial charge < -0.3 is 4.74 Å². The molecule has 0 aromatic heterocycles. The fourth-order valence-electron chi connectivity index (χ4n) is 1.04. The first kappa shape index (κ1) is 8.70. The zero-order valence-electron chi connectivity index (χ0n) is 6.77. The molecule has 0 saturated carbocycles. The Balaban J connectivity index is 3.83. The Bertz CT molecular complexity index is 94.7. The average molecular weight is 128 g/mol. The molecule has 0 spiro atoms. The molecule has 0 saturated heterocycles. The third-order valence-corrected chi connectivity index (χ3v) is 1.35. The van der Waals surface area contributed by atoms with Crippen LogP contribution < -0.4 is 0 Å². The molecule has 0 amide bonds. The fraction of sp³-hybridized carbons (Fsp3) is 0.750. The van der Waals surface area contributed by atoms with E-state index in [2.05, 4.69) is 20.4 Å². The Morgan fingerprint density at radius 3 is 1.89 bits per heavy atom. The maximum Gasteiger partial charge on any atom is 0.0798 e. The van der Waals surface area contributed by atoms with Crippen LogP contribution in [0.3, 0.4) is 0 Å². The van der Waals surface area contributed by atoms with Crippen LogP contribution in [0.25, 0.3) is 0 Å². The van der Waals surface area contributed by atoms with E-state index in [1.165, 1.54) is 0 Å².